The van der Waals surface area contributed by atoms with Gasteiger partial charge in [-0.05, 0) is 13.5 Å². The lowest BCUT2D eigenvalue weighted by Crippen LogP contribution is -2.11. The minimum Gasteiger partial charge on any atom is -0.381 e. The van der Waals surface area contributed by atoms with Crippen LogP contribution in [0, 0.1) is 0 Å². The molecule has 1 aliphatic rings. The number of aromatic nitrogens is 2. The first-order valence-electron chi connectivity index (χ1n) is 4.95. The fourth-order valence-corrected chi connectivity index (χ4v) is 1.50. The SMILES string of the molecule is CNCCc1noc(C2CCOC2)n1. The van der Waals surface area contributed by atoms with E-state index in [1.807, 2.05) is 7.05 Å². The van der Waals surface area contributed by atoms with Gasteiger partial charge in [0.2, 0.25) is 5.89 Å². The van der Waals surface area contributed by atoms with Gasteiger partial charge in [0.15, 0.2) is 5.82 Å². The van der Waals surface area contributed by atoms with Crippen molar-refractivity contribution in [2.24, 2.45) is 0 Å². The molecular formula is C9H15N3O2. The molecule has 0 spiro atoms. The van der Waals surface area contributed by atoms with Crippen LogP contribution >= 0.6 is 0 Å². The minimum atomic E-state index is 0.311. The van der Waals surface area contributed by atoms with Gasteiger partial charge in [0.1, 0.15) is 0 Å². The van der Waals surface area contributed by atoms with Crippen molar-refractivity contribution in [1.29, 1.82) is 0 Å². The molecule has 2 heterocycles. The van der Waals surface area contributed by atoms with E-state index in [-0.39, 0.29) is 0 Å². The van der Waals surface area contributed by atoms with Gasteiger partial charge in [-0.25, -0.2) is 0 Å². The Hall–Kier alpha value is -0.940. The van der Waals surface area contributed by atoms with Crippen LogP contribution in [0.4, 0.5) is 0 Å². The summed E-state index contributed by atoms with van der Waals surface area (Å²) in [5, 5.41) is 6.97. The predicted molar refractivity (Wildman–Crippen MR) is 50.1 cm³/mol. The summed E-state index contributed by atoms with van der Waals surface area (Å²) in [6.07, 6.45) is 1.81. The zero-order valence-electron chi connectivity index (χ0n) is 8.32. The molecule has 5 nitrogen and oxygen atoms in total. The standard InChI is InChI=1S/C9H15N3O2/c1-10-4-2-8-11-9(14-12-8)7-3-5-13-6-7/h7,10H,2-6H2,1H3. The van der Waals surface area contributed by atoms with Crippen molar-refractivity contribution in [3.63, 3.8) is 0 Å². The first-order chi connectivity index (χ1) is 6.90. The highest BCUT2D eigenvalue weighted by molar-refractivity contribution is 4.96. The summed E-state index contributed by atoms with van der Waals surface area (Å²) < 4.78 is 10.4. The first kappa shape index (κ1) is 9.61. The Morgan fingerprint density at radius 1 is 1.57 bits per heavy atom. The highest BCUT2D eigenvalue weighted by atomic mass is 16.5. The zero-order chi connectivity index (χ0) is 9.80. The molecule has 1 N–H and O–H groups in total. The molecular weight excluding hydrogens is 182 g/mol. The lowest BCUT2D eigenvalue weighted by molar-refractivity contribution is 0.189. The average Bonchev–Trinajstić information content (AvgIpc) is 2.85. The molecule has 5 heteroatoms. The van der Waals surface area contributed by atoms with E-state index in [0.29, 0.717) is 12.5 Å². The number of nitrogens with one attached hydrogen (secondary N) is 1. The second-order valence-corrected chi connectivity index (χ2v) is 3.46. The minimum absolute atomic E-state index is 0.311. The molecule has 2 rings (SSSR count). The second kappa shape index (κ2) is 4.52. The molecule has 0 radical (unpaired) electrons. The van der Waals surface area contributed by atoms with Gasteiger partial charge in [-0.1, -0.05) is 5.16 Å². The normalized spacial score (nSPS) is 21.6. The van der Waals surface area contributed by atoms with Gasteiger partial charge in [-0.2, -0.15) is 4.98 Å². The Morgan fingerprint density at radius 2 is 2.50 bits per heavy atom. The molecule has 1 aliphatic heterocycles. The Morgan fingerprint density at radius 3 is 3.21 bits per heavy atom. The number of hydrogen-bond acceptors (Lipinski definition) is 5. The molecule has 1 unspecified atom stereocenters. The summed E-state index contributed by atoms with van der Waals surface area (Å²) in [5.41, 5.74) is 0. The fourth-order valence-electron chi connectivity index (χ4n) is 1.50. The number of likely N-dealkylation sites (N-methyl/N-ethyl adjacent to an activating group) is 1. The second-order valence-electron chi connectivity index (χ2n) is 3.46. The monoisotopic (exact) mass is 197 g/mol. The third kappa shape index (κ3) is 2.10. The molecule has 1 aromatic heterocycles. The highest BCUT2D eigenvalue weighted by Gasteiger charge is 2.23. The van der Waals surface area contributed by atoms with E-state index in [1.54, 1.807) is 0 Å². The number of hydrogen-bond donors (Lipinski definition) is 1. The van der Waals surface area contributed by atoms with Crippen LogP contribution in [-0.4, -0.2) is 36.9 Å². The van der Waals surface area contributed by atoms with Crippen LogP contribution in [0.3, 0.4) is 0 Å². The molecule has 0 saturated carbocycles. The van der Waals surface area contributed by atoms with Crippen molar-refractivity contribution in [2.45, 2.75) is 18.8 Å². The zero-order valence-corrected chi connectivity index (χ0v) is 8.32. The summed E-state index contributed by atoms with van der Waals surface area (Å²) >= 11 is 0. The van der Waals surface area contributed by atoms with Crippen molar-refractivity contribution in [3.8, 4) is 0 Å². The molecule has 1 atom stereocenters. The van der Waals surface area contributed by atoms with Crippen molar-refractivity contribution < 1.29 is 9.26 Å². The van der Waals surface area contributed by atoms with Crippen LogP contribution in [0.5, 0.6) is 0 Å². The van der Waals surface area contributed by atoms with Gasteiger partial charge < -0.3 is 14.6 Å². The molecule has 0 aromatic carbocycles. The van der Waals surface area contributed by atoms with Crippen LogP contribution in [0.2, 0.25) is 0 Å². The van der Waals surface area contributed by atoms with Crippen LogP contribution in [0.15, 0.2) is 4.52 Å². The Balaban J connectivity index is 1.94. The number of ether oxygens (including phenoxy) is 1. The van der Waals surface area contributed by atoms with Crippen molar-refractivity contribution >= 4 is 0 Å². The molecule has 1 fully saturated rings. The maximum atomic E-state index is 5.26. The molecule has 14 heavy (non-hydrogen) atoms. The smallest absolute Gasteiger partial charge is 0.232 e. The van der Waals surface area contributed by atoms with E-state index < -0.39 is 0 Å². The van der Waals surface area contributed by atoms with Gasteiger partial charge in [0.25, 0.3) is 0 Å². The third-order valence-electron chi connectivity index (χ3n) is 2.36. The van der Waals surface area contributed by atoms with E-state index in [9.17, 15) is 0 Å². The van der Waals surface area contributed by atoms with Crippen molar-refractivity contribution in [3.05, 3.63) is 11.7 Å². The molecule has 0 amide bonds. The van der Waals surface area contributed by atoms with Crippen LogP contribution < -0.4 is 5.32 Å². The van der Waals surface area contributed by atoms with Gasteiger partial charge in [-0.15, -0.1) is 0 Å². The largest absolute Gasteiger partial charge is 0.381 e. The molecule has 0 bridgehead atoms. The summed E-state index contributed by atoms with van der Waals surface area (Å²) in [5.74, 6) is 1.82. The van der Waals surface area contributed by atoms with Crippen LogP contribution in [-0.2, 0) is 11.2 Å². The molecule has 78 valence electrons. The van der Waals surface area contributed by atoms with Gasteiger partial charge in [0, 0.05) is 19.6 Å². The predicted octanol–water partition coefficient (Wildman–Crippen LogP) is 0.335. The topological polar surface area (TPSA) is 60.2 Å². The summed E-state index contributed by atoms with van der Waals surface area (Å²) in [7, 11) is 1.91. The molecule has 0 aliphatic carbocycles. The molecule has 1 saturated heterocycles. The molecule has 1 aromatic rings. The summed E-state index contributed by atoms with van der Waals surface area (Å²) in [6, 6.07) is 0. The van der Waals surface area contributed by atoms with E-state index in [1.165, 1.54) is 0 Å². The van der Waals surface area contributed by atoms with Crippen molar-refractivity contribution in [1.82, 2.24) is 15.5 Å². The van der Waals surface area contributed by atoms with Crippen LogP contribution in [0.25, 0.3) is 0 Å². The Bertz CT molecular complexity index is 281. The van der Waals surface area contributed by atoms with E-state index in [4.69, 9.17) is 9.26 Å². The third-order valence-corrected chi connectivity index (χ3v) is 2.36. The summed E-state index contributed by atoms with van der Waals surface area (Å²) in [4.78, 5) is 4.33. The maximum absolute atomic E-state index is 5.26. The summed E-state index contributed by atoms with van der Waals surface area (Å²) in [6.45, 7) is 2.40. The average molecular weight is 197 g/mol. The Kier molecular flexibility index (Phi) is 3.10. The first-order valence-corrected chi connectivity index (χ1v) is 4.95. The quantitative estimate of drug-likeness (QED) is 0.754. The van der Waals surface area contributed by atoms with Crippen molar-refractivity contribution in [2.75, 3.05) is 26.8 Å². The number of nitrogens with zero attached hydrogens (tertiary/aromatic N) is 2. The Labute approximate surface area is 82.8 Å². The van der Waals surface area contributed by atoms with Gasteiger partial charge in [0.05, 0.1) is 12.5 Å². The van der Waals surface area contributed by atoms with Gasteiger partial charge >= 0.3 is 0 Å². The number of rotatable bonds is 4. The lowest BCUT2D eigenvalue weighted by Gasteiger charge is -1.97. The maximum Gasteiger partial charge on any atom is 0.232 e. The lowest BCUT2D eigenvalue weighted by atomic mass is 10.1. The highest BCUT2D eigenvalue weighted by Crippen LogP contribution is 2.23. The van der Waals surface area contributed by atoms with Crippen LogP contribution in [0.1, 0.15) is 24.1 Å². The fraction of sp³-hybridized carbons (Fsp3) is 0.778. The van der Waals surface area contributed by atoms with Gasteiger partial charge in [-0.3, -0.25) is 0 Å². The van der Waals surface area contributed by atoms with E-state index in [2.05, 4.69) is 15.5 Å². The van der Waals surface area contributed by atoms with E-state index in [0.717, 1.165) is 37.7 Å². The van der Waals surface area contributed by atoms with E-state index >= 15 is 0 Å².